The molecule has 0 saturated carbocycles. The summed E-state index contributed by atoms with van der Waals surface area (Å²) in [6.45, 7) is 4.14. The maximum Gasteiger partial charge on any atom is 0.126 e. The lowest BCUT2D eigenvalue weighted by Crippen LogP contribution is -2.43. The fraction of sp³-hybridized carbons (Fsp3) is 0.333. The molecule has 23 heavy (non-hydrogen) atoms. The van der Waals surface area contributed by atoms with Gasteiger partial charge in [-0.15, -0.1) is 11.3 Å². The van der Waals surface area contributed by atoms with Crippen molar-refractivity contribution in [3.63, 3.8) is 0 Å². The average Bonchev–Trinajstić information content (AvgIpc) is 3.23. The van der Waals surface area contributed by atoms with Gasteiger partial charge in [-0.1, -0.05) is 11.9 Å². The number of rotatable bonds is 3. The molecule has 4 rings (SSSR count). The molecular weight excluding hydrogens is 328 g/mol. The highest BCUT2D eigenvalue weighted by Gasteiger charge is 2.20. The number of fused-ring (bicyclic) bond motifs is 1. The van der Waals surface area contributed by atoms with E-state index in [-0.39, 0.29) is 0 Å². The Hall–Kier alpha value is -1.77. The third-order valence-electron chi connectivity index (χ3n) is 4.08. The number of hydrogen-bond donors (Lipinski definition) is 2. The Morgan fingerprint density at radius 3 is 2.78 bits per heavy atom. The molecule has 0 unspecified atom stereocenters. The van der Waals surface area contributed by atoms with Crippen molar-refractivity contribution in [1.29, 1.82) is 0 Å². The van der Waals surface area contributed by atoms with E-state index in [4.69, 9.17) is 5.73 Å². The van der Waals surface area contributed by atoms with Gasteiger partial charge in [0.15, 0.2) is 0 Å². The summed E-state index contributed by atoms with van der Waals surface area (Å²) >= 11 is 3.55. The lowest BCUT2D eigenvalue weighted by atomic mass is 10.2. The smallest absolute Gasteiger partial charge is 0.126 e. The number of aromatic nitrogens is 3. The summed E-state index contributed by atoms with van der Waals surface area (Å²) in [7, 11) is 0. The highest BCUT2D eigenvalue weighted by Crippen LogP contribution is 2.38. The summed E-state index contributed by atoms with van der Waals surface area (Å²) < 4.78 is 3.59. The van der Waals surface area contributed by atoms with Crippen LogP contribution in [0, 0.1) is 0 Å². The SMILES string of the molecule is CSN1CCN(c2cc(N)nc3cc(-c4ccn[nH]4)sc23)CC1. The van der Waals surface area contributed by atoms with E-state index >= 15 is 0 Å². The van der Waals surface area contributed by atoms with Crippen LogP contribution >= 0.6 is 23.3 Å². The summed E-state index contributed by atoms with van der Waals surface area (Å²) in [4.78, 5) is 8.06. The van der Waals surface area contributed by atoms with E-state index in [1.807, 2.05) is 24.1 Å². The van der Waals surface area contributed by atoms with Gasteiger partial charge in [-0.3, -0.25) is 5.10 Å². The van der Waals surface area contributed by atoms with E-state index in [0.717, 1.165) is 42.3 Å². The molecule has 0 aliphatic carbocycles. The van der Waals surface area contributed by atoms with Crippen LogP contribution in [-0.2, 0) is 0 Å². The van der Waals surface area contributed by atoms with Crippen molar-refractivity contribution in [3.8, 4) is 10.6 Å². The zero-order valence-corrected chi connectivity index (χ0v) is 14.5. The highest BCUT2D eigenvalue weighted by atomic mass is 32.2. The quantitative estimate of drug-likeness (QED) is 0.710. The number of nitrogens with one attached hydrogen (secondary N) is 1. The van der Waals surface area contributed by atoms with Crippen LogP contribution in [0.2, 0.25) is 0 Å². The molecule has 0 spiro atoms. The Morgan fingerprint density at radius 1 is 1.26 bits per heavy atom. The fourth-order valence-corrected chi connectivity index (χ4v) is 4.54. The second-order valence-corrected chi connectivity index (χ2v) is 7.39. The predicted octanol–water partition coefficient (Wildman–Crippen LogP) is 2.67. The number of piperazine rings is 1. The van der Waals surface area contributed by atoms with Crippen molar-refractivity contribution in [2.24, 2.45) is 0 Å². The summed E-state index contributed by atoms with van der Waals surface area (Å²) in [5.41, 5.74) is 9.22. The Balaban J connectivity index is 1.74. The molecule has 1 aliphatic heterocycles. The molecule has 0 aromatic carbocycles. The lowest BCUT2D eigenvalue weighted by molar-refractivity contribution is 0.431. The minimum Gasteiger partial charge on any atom is -0.384 e. The van der Waals surface area contributed by atoms with Gasteiger partial charge in [-0.25, -0.2) is 9.29 Å². The van der Waals surface area contributed by atoms with Crippen molar-refractivity contribution >= 4 is 45.0 Å². The molecule has 8 heteroatoms. The zero-order chi connectivity index (χ0) is 15.8. The van der Waals surface area contributed by atoms with Gasteiger partial charge in [0, 0.05) is 38.4 Å². The van der Waals surface area contributed by atoms with Crippen LogP contribution in [-0.4, -0.2) is 51.9 Å². The van der Waals surface area contributed by atoms with E-state index in [2.05, 4.69) is 36.7 Å². The second kappa shape index (κ2) is 6.03. The van der Waals surface area contributed by atoms with Gasteiger partial charge < -0.3 is 10.6 Å². The van der Waals surface area contributed by atoms with Crippen LogP contribution in [0.25, 0.3) is 20.8 Å². The van der Waals surface area contributed by atoms with E-state index in [1.165, 1.54) is 10.4 Å². The van der Waals surface area contributed by atoms with E-state index in [0.29, 0.717) is 5.82 Å². The minimum atomic E-state index is 0.578. The maximum atomic E-state index is 6.04. The normalized spacial score (nSPS) is 16.3. The van der Waals surface area contributed by atoms with Gasteiger partial charge >= 0.3 is 0 Å². The number of nitrogens with zero attached hydrogens (tertiary/aromatic N) is 4. The molecule has 1 aliphatic rings. The highest BCUT2D eigenvalue weighted by molar-refractivity contribution is 7.96. The number of thiophene rings is 1. The zero-order valence-electron chi connectivity index (χ0n) is 12.8. The first-order chi connectivity index (χ1) is 11.2. The molecule has 3 N–H and O–H groups in total. The summed E-state index contributed by atoms with van der Waals surface area (Å²) in [5, 5.41) is 7.05. The van der Waals surface area contributed by atoms with Crippen molar-refractivity contribution in [2.75, 3.05) is 43.1 Å². The van der Waals surface area contributed by atoms with Crippen LogP contribution in [0.15, 0.2) is 24.4 Å². The number of nitrogens with two attached hydrogens (primary N) is 1. The first-order valence-corrected chi connectivity index (χ1v) is 9.48. The molecule has 3 aromatic rings. The van der Waals surface area contributed by atoms with Gasteiger partial charge in [0.2, 0.25) is 0 Å². The number of nitrogen functional groups attached to an aromatic ring is 1. The van der Waals surface area contributed by atoms with E-state index < -0.39 is 0 Å². The molecule has 1 saturated heterocycles. The standard InChI is InChI=1S/C15H18N6S2/c1-22-21-6-4-20(5-7-21)12-9-14(16)18-11-8-13(23-15(11)12)10-2-3-17-19-10/h2-3,8-9H,4-7H2,1H3,(H2,16,18)(H,17,19). The summed E-state index contributed by atoms with van der Waals surface area (Å²) in [6.07, 6.45) is 3.90. The monoisotopic (exact) mass is 346 g/mol. The maximum absolute atomic E-state index is 6.04. The number of pyridine rings is 1. The molecule has 0 atom stereocenters. The largest absolute Gasteiger partial charge is 0.384 e. The number of aromatic amines is 1. The van der Waals surface area contributed by atoms with Crippen molar-refractivity contribution in [1.82, 2.24) is 19.5 Å². The van der Waals surface area contributed by atoms with E-state index in [9.17, 15) is 0 Å². The van der Waals surface area contributed by atoms with Crippen molar-refractivity contribution in [3.05, 3.63) is 24.4 Å². The third kappa shape index (κ3) is 2.77. The summed E-state index contributed by atoms with van der Waals surface area (Å²) in [5.74, 6) is 0.578. The van der Waals surface area contributed by atoms with Crippen LogP contribution in [0.4, 0.5) is 11.5 Å². The minimum absolute atomic E-state index is 0.578. The second-order valence-electron chi connectivity index (χ2n) is 5.46. The molecule has 6 nitrogen and oxygen atoms in total. The third-order valence-corrected chi connectivity index (χ3v) is 6.14. The van der Waals surface area contributed by atoms with Crippen LogP contribution in [0.5, 0.6) is 0 Å². The van der Waals surface area contributed by atoms with Gasteiger partial charge in [-0.05, 0) is 18.4 Å². The molecule has 3 aromatic heterocycles. The average molecular weight is 346 g/mol. The summed E-state index contributed by atoms with van der Waals surface area (Å²) in [6, 6.07) is 6.07. The number of hydrogen-bond acceptors (Lipinski definition) is 7. The van der Waals surface area contributed by atoms with E-state index in [1.54, 1.807) is 17.5 Å². The molecule has 0 radical (unpaired) electrons. The predicted molar refractivity (Wildman–Crippen MR) is 98.9 cm³/mol. The van der Waals surface area contributed by atoms with Crippen molar-refractivity contribution in [2.45, 2.75) is 0 Å². The van der Waals surface area contributed by atoms with Crippen LogP contribution in [0.1, 0.15) is 0 Å². The van der Waals surface area contributed by atoms with Gasteiger partial charge in [0.25, 0.3) is 0 Å². The molecule has 0 amide bonds. The number of anilines is 2. The van der Waals surface area contributed by atoms with Gasteiger partial charge in [-0.2, -0.15) is 5.10 Å². The first-order valence-electron chi connectivity index (χ1n) is 7.48. The Kier molecular flexibility index (Phi) is 3.88. The van der Waals surface area contributed by atoms with Crippen LogP contribution in [0.3, 0.4) is 0 Å². The fourth-order valence-electron chi connectivity index (χ4n) is 2.90. The van der Waals surface area contributed by atoms with Gasteiger partial charge in [0.1, 0.15) is 5.82 Å². The topological polar surface area (TPSA) is 74.1 Å². The Morgan fingerprint density at radius 2 is 2.09 bits per heavy atom. The molecule has 1 fully saturated rings. The molecule has 4 heterocycles. The Labute approximate surface area is 142 Å². The molecule has 0 bridgehead atoms. The van der Waals surface area contributed by atoms with Crippen LogP contribution < -0.4 is 10.6 Å². The number of H-pyrrole nitrogens is 1. The van der Waals surface area contributed by atoms with Gasteiger partial charge in [0.05, 0.1) is 26.5 Å². The lowest BCUT2D eigenvalue weighted by Gasteiger charge is -2.35. The first kappa shape index (κ1) is 14.8. The van der Waals surface area contributed by atoms with Crippen molar-refractivity contribution < 1.29 is 0 Å². The Bertz CT molecular complexity index is 805. The molecule has 120 valence electrons. The molecular formula is C15H18N6S2.